The molecule has 0 fully saturated rings. The van der Waals surface area contributed by atoms with Crippen LogP contribution in [0.1, 0.15) is 11.1 Å². The summed E-state index contributed by atoms with van der Waals surface area (Å²) in [6, 6.07) is 12.9. The summed E-state index contributed by atoms with van der Waals surface area (Å²) in [5.41, 5.74) is 1.69. The second kappa shape index (κ2) is 9.79. The molecule has 2 rings (SSSR count). The van der Waals surface area contributed by atoms with E-state index in [1.54, 1.807) is 32.4 Å². The number of nitrogens with one attached hydrogen (secondary N) is 2. The van der Waals surface area contributed by atoms with Crippen molar-refractivity contribution >= 4 is 40.9 Å². The highest BCUT2D eigenvalue weighted by Crippen LogP contribution is 2.32. The number of ether oxygens (including phenoxy) is 2. The third-order valence-electron chi connectivity index (χ3n) is 3.46. The number of hydrogen-bond acceptors (Lipinski definition) is 4. The van der Waals surface area contributed by atoms with Crippen molar-refractivity contribution in [3.63, 3.8) is 0 Å². The van der Waals surface area contributed by atoms with Gasteiger partial charge in [-0.15, -0.1) is 0 Å². The Hall–Kier alpha value is -2.57. The van der Waals surface area contributed by atoms with Crippen LogP contribution in [0.3, 0.4) is 0 Å². The zero-order valence-corrected chi connectivity index (χ0v) is 16.0. The Balaban J connectivity index is 1.90. The van der Waals surface area contributed by atoms with E-state index < -0.39 is 0 Å². The van der Waals surface area contributed by atoms with E-state index in [4.69, 9.17) is 33.3 Å². The maximum Gasteiger partial charge on any atom is 0.250 e. The van der Waals surface area contributed by atoms with Crippen LogP contribution in [0.2, 0.25) is 5.02 Å². The van der Waals surface area contributed by atoms with Gasteiger partial charge in [0.25, 0.3) is 0 Å². The second-order valence-electron chi connectivity index (χ2n) is 5.21. The first kappa shape index (κ1) is 19.8. The van der Waals surface area contributed by atoms with E-state index in [1.807, 2.05) is 30.3 Å². The average molecular weight is 391 g/mol. The van der Waals surface area contributed by atoms with Gasteiger partial charge in [0, 0.05) is 23.7 Å². The van der Waals surface area contributed by atoms with Crippen molar-refractivity contribution in [3.8, 4) is 11.5 Å². The minimum absolute atomic E-state index is 0.207. The molecular weight excluding hydrogens is 372 g/mol. The lowest BCUT2D eigenvalue weighted by molar-refractivity contribution is -0.115. The van der Waals surface area contributed by atoms with E-state index in [9.17, 15) is 4.79 Å². The van der Waals surface area contributed by atoms with E-state index in [2.05, 4.69) is 10.6 Å². The zero-order valence-electron chi connectivity index (χ0n) is 14.4. The number of halogens is 1. The first-order valence-electron chi connectivity index (χ1n) is 7.76. The van der Waals surface area contributed by atoms with Gasteiger partial charge in [0.1, 0.15) is 0 Å². The molecule has 2 aromatic carbocycles. The molecule has 0 spiro atoms. The lowest BCUT2D eigenvalue weighted by Gasteiger charge is -2.13. The van der Waals surface area contributed by atoms with Gasteiger partial charge in [-0.2, -0.15) is 0 Å². The fourth-order valence-corrected chi connectivity index (χ4v) is 2.53. The summed E-state index contributed by atoms with van der Waals surface area (Å²) >= 11 is 11.4. The highest BCUT2D eigenvalue weighted by Gasteiger charge is 2.10. The van der Waals surface area contributed by atoms with Crippen LogP contribution in [0.4, 0.5) is 0 Å². The van der Waals surface area contributed by atoms with Gasteiger partial charge in [-0.25, -0.2) is 0 Å². The Morgan fingerprint density at radius 1 is 1.15 bits per heavy atom. The summed E-state index contributed by atoms with van der Waals surface area (Å²) in [5, 5.41) is 6.24. The molecule has 0 atom stereocenters. The maximum atomic E-state index is 11.9. The average Bonchev–Trinajstić information content (AvgIpc) is 2.65. The third-order valence-corrected chi connectivity index (χ3v) is 4.05. The summed E-state index contributed by atoms with van der Waals surface area (Å²) in [7, 11) is 3.09. The molecule has 0 unspecified atom stereocenters. The van der Waals surface area contributed by atoms with Crippen molar-refractivity contribution in [1.29, 1.82) is 0 Å². The van der Waals surface area contributed by atoms with Crippen molar-refractivity contribution in [1.82, 2.24) is 10.6 Å². The molecule has 0 saturated carbocycles. The number of thiocarbonyl (C=S) groups is 1. The molecule has 0 heterocycles. The quantitative estimate of drug-likeness (QED) is 0.583. The van der Waals surface area contributed by atoms with E-state index in [0.29, 0.717) is 23.1 Å². The van der Waals surface area contributed by atoms with E-state index >= 15 is 0 Å². The van der Waals surface area contributed by atoms with Crippen molar-refractivity contribution < 1.29 is 14.3 Å². The Bertz CT molecular complexity index is 810. The first-order chi connectivity index (χ1) is 12.5. The minimum Gasteiger partial charge on any atom is -0.493 e. The molecule has 2 aromatic rings. The topological polar surface area (TPSA) is 59.6 Å². The SMILES string of the molecule is COc1cc(Cl)c(CNC(=S)NC(=O)/C=C/c2ccccc2)cc1OC. The van der Waals surface area contributed by atoms with Gasteiger partial charge in [0.2, 0.25) is 5.91 Å². The Morgan fingerprint density at radius 2 is 1.81 bits per heavy atom. The number of rotatable bonds is 6. The molecule has 7 heteroatoms. The van der Waals surface area contributed by atoms with Crippen molar-refractivity contribution in [2.24, 2.45) is 0 Å². The molecule has 26 heavy (non-hydrogen) atoms. The van der Waals surface area contributed by atoms with Crippen molar-refractivity contribution in [2.75, 3.05) is 14.2 Å². The number of amides is 1. The molecule has 0 aromatic heterocycles. The molecule has 0 radical (unpaired) electrons. The Morgan fingerprint density at radius 3 is 2.46 bits per heavy atom. The van der Waals surface area contributed by atoms with Crippen LogP contribution in [-0.4, -0.2) is 25.2 Å². The summed E-state index contributed by atoms with van der Waals surface area (Å²) < 4.78 is 10.4. The third kappa shape index (κ3) is 5.75. The maximum absolute atomic E-state index is 11.9. The molecule has 0 aliphatic carbocycles. The normalized spacial score (nSPS) is 10.4. The molecule has 2 N–H and O–H groups in total. The van der Waals surface area contributed by atoms with Crippen LogP contribution >= 0.6 is 23.8 Å². The minimum atomic E-state index is -0.315. The molecule has 0 bridgehead atoms. The Labute approximate surface area is 163 Å². The molecule has 5 nitrogen and oxygen atoms in total. The first-order valence-corrected chi connectivity index (χ1v) is 8.54. The number of benzene rings is 2. The number of carbonyl (C=O) groups is 1. The molecule has 0 aliphatic rings. The van der Waals surface area contributed by atoms with Crippen LogP contribution in [0.5, 0.6) is 11.5 Å². The van der Waals surface area contributed by atoms with Crippen LogP contribution in [0.25, 0.3) is 6.08 Å². The van der Waals surface area contributed by atoms with Crippen molar-refractivity contribution in [2.45, 2.75) is 6.54 Å². The fraction of sp³-hybridized carbons (Fsp3) is 0.158. The molecule has 0 saturated heterocycles. The van der Waals surface area contributed by atoms with Gasteiger partial charge in [0.15, 0.2) is 16.6 Å². The largest absolute Gasteiger partial charge is 0.493 e. The van der Waals surface area contributed by atoms with Gasteiger partial charge in [0.05, 0.1) is 14.2 Å². The standard InChI is InChI=1S/C19H19ClN2O3S/c1-24-16-10-14(15(20)11-17(16)25-2)12-21-19(26)22-18(23)9-8-13-6-4-3-5-7-13/h3-11H,12H2,1-2H3,(H2,21,22,23,26)/b9-8+. The van der Waals surface area contributed by atoms with E-state index in [-0.39, 0.29) is 11.0 Å². The fourth-order valence-electron chi connectivity index (χ4n) is 2.14. The van der Waals surface area contributed by atoms with E-state index in [0.717, 1.165) is 11.1 Å². The predicted octanol–water partition coefficient (Wildman–Crippen LogP) is 3.56. The van der Waals surface area contributed by atoms with Crippen LogP contribution in [0.15, 0.2) is 48.5 Å². The van der Waals surface area contributed by atoms with Gasteiger partial charge in [-0.05, 0) is 35.5 Å². The van der Waals surface area contributed by atoms with Gasteiger partial charge in [-0.1, -0.05) is 41.9 Å². The number of carbonyl (C=O) groups excluding carboxylic acids is 1. The highest BCUT2D eigenvalue weighted by atomic mass is 35.5. The van der Waals surface area contributed by atoms with E-state index in [1.165, 1.54) is 6.08 Å². The summed E-state index contributed by atoms with van der Waals surface area (Å²) in [5.74, 6) is 0.794. The van der Waals surface area contributed by atoms with Crippen LogP contribution in [0, 0.1) is 0 Å². The summed E-state index contributed by atoms with van der Waals surface area (Å²) in [6.07, 6.45) is 3.13. The predicted molar refractivity (Wildman–Crippen MR) is 108 cm³/mol. The van der Waals surface area contributed by atoms with Gasteiger partial charge in [-0.3, -0.25) is 10.1 Å². The van der Waals surface area contributed by atoms with Crippen molar-refractivity contribution in [3.05, 3.63) is 64.7 Å². The lowest BCUT2D eigenvalue weighted by atomic mass is 10.2. The number of hydrogen-bond donors (Lipinski definition) is 2. The summed E-state index contributed by atoms with van der Waals surface area (Å²) in [6.45, 7) is 0.334. The lowest BCUT2D eigenvalue weighted by Crippen LogP contribution is -2.38. The van der Waals surface area contributed by atoms with Crippen LogP contribution < -0.4 is 20.1 Å². The molecule has 136 valence electrons. The number of methoxy groups -OCH3 is 2. The van der Waals surface area contributed by atoms with Gasteiger partial charge >= 0.3 is 0 Å². The monoisotopic (exact) mass is 390 g/mol. The van der Waals surface area contributed by atoms with Crippen LogP contribution in [-0.2, 0) is 11.3 Å². The Kier molecular flexibility index (Phi) is 7.44. The molecule has 1 amide bonds. The second-order valence-corrected chi connectivity index (χ2v) is 6.03. The molecule has 0 aliphatic heterocycles. The smallest absolute Gasteiger partial charge is 0.250 e. The van der Waals surface area contributed by atoms with Gasteiger partial charge < -0.3 is 14.8 Å². The highest BCUT2D eigenvalue weighted by molar-refractivity contribution is 7.80. The molecular formula is C19H19ClN2O3S. The zero-order chi connectivity index (χ0) is 18.9. The summed E-state index contributed by atoms with van der Waals surface area (Å²) in [4.78, 5) is 11.9.